The van der Waals surface area contributed by atoms with Gasteiger partial charge in [-0.25, -0.2) is 4.79 Å². The number of thiophene rings is 1. The minimum Gasteiger partial charge on any atom is -0.465 e. The number of hydrogen-bond donors (Lipinski definition) is 2. The van der Waals surface area contributed by atoms with E-state index in [1.165, 1.54) is 23.3 Å². The smallest absolute Gasteiger partial charge is 0.337 e. The summed E-state index contributed by atoms with van der Waals surface area (Å²) >= 11 is 1.48. The van der Waals surface area contributed by atoms with Gasteiger partial charge in [-0.1, -0.05) is 6.92 Å². The molecule has 0 saturated carbocycles. The quantitative estimate of drug-likeness (QED) is 0.790. The first-order valence-electron chi connectivity index (χ1n) is 8.81. The van der Waals surface area contributed by atoms with Gasteiger partial charge in [-0.15, -0.1) is 11.3 Å². The van der Waals surface area contributed by atoms with Crippen LogP contribution in [0.5, 0.6) is 0 Å². The van der Waals surface area contributed by atoms with Gasteiger partial charge < -0.3 is 15.4 Å². The number of esters is 1. The lowest BCUT2D eigenvalue weighted by atomic mass is 9.88. The summed E-state index contributed by atoms with van der Waals surface area (Å²) in [6, 6.07) is 6.22. The molecule has 0 unspecified atom stereocenters. The van der Waals surface area contributed by atoms with E-state index in [4.69, 9.17) is 0 Å². The van der Waals surface area contributed by atoms with E-state index < -0.39 is 5.97 Å². The lowest BCUT2D eigenvalue weighted by Crippen LogP contribution is -2.22. The molecule has 1 atom stereocenters. The van der Waals surface area contributed by atoms with Crippen LogP contribution in [0, 0.1) is 5.92 Å². The second kappa shape index (κ2) is 7.92. The molecule has 1 aromatic heterocycles. The van der Waals surface area contributed by atoms with E-state index in [1.54, 1.807) is 31.3 Å². The van der Waals surface area contributed by atoms with Gasteiger partial charge in [0.25, 0.3) is 11.8 Å². The maximum atomic E-state index is 12.7. The molecule has 2 amide bonds. The van der Waals surface area contributed by atoms with E-state index in [2.05, 4.69) is 22.3 Å². The van der Waals surface area contributed by atoms with Gasteiger partial charge in [-0.3, -0.25) is 9.59 Å². The van der Waals surface area contributed by atoms with E-state index in [-0.39, 0.29) is 11.8 Å². The molecule has 7 heteroatoms. The molecule has 0 fully saturated rings. The van der Waals surface area contributed by atoms with Crippen LogP contribution < -0.4 is 10.6 Å². The number of carbonyl (C=O) groups is 3. The Kier molecular flexibility index (Phi) is 5.60. The van der Waals surface area contributed by atoms with E-state index in [0.717, 1.165) is 24.8 Å². The molecule has 0 saturated heterocycles. The topological polar surface area (TPSA) is 84.5 Å². The lowest BCUT2D eigenvalue weighted by Gasteiger charge is -2.18. The van der Waals surface area contributed by atoms with Crippen LogP contribution in [0.2, 0.25) is 0 Å². The molecule has 0 aliphatic heterocycles. The number of benzene rings is 1. The summed E-state index contributed by atoms with van der Waals surface area (Å²) in [6.45, 7) is 2.20. The third kappa shape index (κ3) is 3.88. The van der Waals surface area contributed by atoms with E-state index in [1.807, 2.05) is 0 Å². The molecule has 142 valence electrons. The molecule has 1 aromatic carbocycles. The fraction of sp³-hybridized carbons (Fsp3) is 0.350. The molecule has 2 N–H and O–H groups in total. The van der Waals surface area contributed by atoms with Crippen molar-refractivity contribution in [3.8, 4) is 0 Å². The Morgan fingerprint density at radius 1 is 1.11 bits per heavy atom. The van der Waals surface area contributed by atoms with Crippen molar-refractivity contribution in [2.75, 3.05) is 19.5 Å². The Morgan fingerprint density at radius 2 is 1.78 bits per heavy atom. The van der Waals surface area contributed by atoms with Crippen molar-refractivity contribution >= 4 is 34.1 Å². The van der Waals surface area contributed by atoms with Crippen LogP contribution in [-0.2, 0) is 17.6 Å². The fourth-order valence-corrected chi connectivity index (χ4v) is 4.66. The van der Waals surface area contributed by atoms with Crippen molar-refractivity contribution in [1.82, 2.24) is 5.32 Å². The van der Waals surface area contributed by atoms with Crippen molar-refractivity contribution < 1.29 is 19.1 Å². The van der Waals surface area contributed by atoms with Crippen LogP contribution in [0.25, 0.3) is 0 Å². The lowest BCUT2D eigenvalue weighted by molar-refractivity contribution is 0.0600. The highest BCUT2D eigenvalue weighted by Crippen LogP contribution is 2.39. The van der Waals surface area contributed by atoms with Crippen molar-refractivity contribution in [2.24, 2.45) is 5.92 Å². The predicted octanol–water partition coefficient (Wildman–Crippen LogP) is 3.27. The molecule has 3 rings (SSSR count). The summed E-state index contributed by atoms with van der Waals surface area (Å²) in [6.07, 6.45) is 2.81. The Balaban J connectivity index is 1.87. The van der Waals surface area contributed by atoms with Crippen LogP contribution >= 0.6 is 11.3 Å². The SMILES string of the molecule is CNC(=O)c1c(NC(=O)c2ccc(C(=O)OC)cc2)sc2c1CC[C@H](C)C2. The number of fused-ring (bicyclic) bond motifs is 1. The Bertz CT molecular complexity index is 886. The van der Waals surface area contributed by atoms with Gasteiger partial charge in [0.15, 0.2) is 0 Å². The molecule has 0 bridgehead atoms. The molecular weight excluding hydrogens is 364 g/mol. The summed E-state index contributed by atoms with van der Waals surface area (Å²) in [5.74, 6) is -0.381. The Hall–Kier alpha value is -2.67. The summed E-state index contributed by atoms with van der Waals surface area (Å²) in [7, 11) is 2.90. The van der Waals surface area contributed by atoms with Crippen molar-refractivity contribution in [3.63, 3.8) is 0 Å². The van der Waals surface area contributed by atoms with Gasteiger partial charge in [-0.05, 0) is 55.0 Å². The highest BCUT2D eigenvalue weighted by atomic mass is 32.1. The maximum Gasteiger partial charge on any atom is 0.337 e. The number of nitrogens with one attached hydrogen (secondary N) is 2. The summed E-state index contributed by atoms with van der Waals surface area (Å²) in [4.78, 5) is 37.7. The third-order valence-corrected chi connectivity index (χ3v) is 5.93. The van der Waals surface area contributed by atoms with Gasteiger partial charge in [0.1, 0.15) is 5.00 Å². The van der Waals surface area contributed by atoms with Gasteiger partial charge in [0.2, 0.25) is 0 Å². The number of methoxy groups -OCH3 is 1. The highest BCUT2D eigenvalue weighted by Gasteiger charge is 2.28. The van der Waals surface area contributed by atoms with Crippen LogP contribution in [-0.4, -0.2) is 31.9 Å². The second-order valence-corrected chi connectivity index (χ2v) is 7.76. The van der Waals surface area contributed by atoms with Gasteiger partial charge in [0, 0.05) is 17.5 Å². The number of anilines is 1. The largest absolute Gasteiger partial charge is 0.465 e. The third-order valence-electron chi connectivity index (χ3n) is 4.76. The molecule has 0 spiro atoms. The van der Waals surface area contributed by atoms with Gasteiger partial charge in [-0.2, -0.15) is 0 Å². The Labute approximate surface area is 161 Å². The number of amides is 2. The average molecular weight is 386 g/mol. The van der Waals surface area contributed by atoms with Crippen molar-refractivity contribution in [1.29, 1.82) is 0 Å². The molecule has 27 heavy (non-hydrogen) atoms. The first-order chi connectivity index (χ1) is 12.9. The standard InChI is InChI=1S/C20H22N2O4S/c1-11-4-9-14-15(10-11)27-19(16(14)18(24)21-2)22-17(23)12-5-7-13(8-6-12)20(25)26-3/h5-8,11H,4,9-10H2,1-3H3,(H,21,24)(H,22,23)/t11-/m0/s1. The summed E-state index contributed by atoms with van der Waals surface area (Å²) < 4.78 is 4.66. The zero-order valence-corrected chi connectivity index (χ0v) is 16.4. The highest BCUT2D eigenvalue weighted by molar-refractivity contribution is 7.17. The van der Waals surface area contributed by atoms with E-state index in [0.29, 0.717) is 27.6 Å². The van der Waals surface area contributed by atoms with Crippen molar-refractivity contribution in [2.45, 2.75) is 26.2 Å². The monoisotopic (exact) mass is 386 g/mol. The molecule has 1 aliphatic rings. The number of hydrogen-bond acceptors (Lipinski definition) is 5. The van der Waals surface area contributed by atoms with Gasteiger partial charge in [0.05, 0.1) is 18.2 Å². The zero-order chi connectivity index (χ0) is 19.6. The average Bonchev–Trinajstić information content (AvgIpc) is 3.03. The molecule has 2 aromatic rings. The normalized spacial score (nSPS) is 15.6. The minimum atomic E-state index is -0.455. The fourth-order valence-electron chi connectivity index (χ4n) is 3.25. The molecule has 1 aliphatic carbocycles. The van der Waals surface area contributed by atoms with Crippen LogP contribution in [0.1, 0.15) is 54.9 Å². The van der Waals surface area contributed by atoms with Crippen LogP contribution in [0.3, 0.4) is 0 Å². The first-order valence-corrected chi connectivity index (χ1v) is 9.62. The molecular formula is C20H22N2O4S. The van der Waals surface area contributed by atoms with Crippen molar-refractivity contribution in [3.05, 3.63) is 51.4 Å². The number of rotatable bonds is 4. The van der Waals surface area contributed by atoms with E-state index >= 15 is 0 Å². The minimum absolute atomic E-state index is 0.182. The molecule has 0 radical (unpaired) electrons. The first kappa shape index (κ1) is 19.1. The van der Waals surface area contributed by atoms with E-state index in [9.17, 15) is 14.4 Å². The zero-order valence-electron chi connectivity index (χ0n) is 15.5. The summed E-state index contributed by atoms with van der Waals surface area (Å²) in [5.41, 5.74) is 2.41. The number of ether oxygens (including phenoxy) is 1. The van der Waals surface area contributed by atoms with Crippen LogP contribution in [0.4, 0.5) is 5.00 Å². The molecule has 1 heterocycles. The predicted molar refractivity (Wildman–Crippen MR) is 105 cm³/mol. The van der Waals surface area contributed by atoms with Crippen LogP contribution in [0.15, 0.2) is 24.3 Å². The molecule has 6 nitrogen and oxygen atoms in total. The Morgan fingerprint density at radius 3 is 2.41 bits per heavy atom. The summed E-state index contributed by atoms with van der Waals surface area (Å²) in [5, 5.41) is 6.13. The maximum absolute atomic E-state index is 12.7. The number of carbonyl (C=O) groups excluding carboxylic acids is 3. The van der Waals surface area contributed by atoms with Gasteiger partial charge >= 0.3 is 5.97 Å². The second-order valence-electron chi connectivity index (χ2n) is 6.66.